The van der Waals surface area contributed by atoms with E-state index in [-0.39, 0.29) is 11.5 Å². The molecule has 0 saturated carbocycles. The number of halogens is 2. The summed E-state index contributed by atoms with van der Waals surface area (Å²) in [6, 6.07) is 10.2. The van der Waals surface area contributed by atoms with Gasteiger partial charge in [-0.1, -0.05) is 29.8 Å². The van der Waals surface area contributed by atoms with Gasteiger partial charge in [-0.3, -0.25) is 4.79 Å². The second kappa shape index (κ2) is 6.81. The SMILES string of the molecule is Cc1cc(C)c(N2CCN(C(=O)c3ccccc3F)CC2)c(Cl)c1. The third-order valence-electron chi connectivity index (χ3n) is 4.39. The Bertz CT molecular complexity index is 747. The lowest BCUT2D eigenvalue weighted by Gasteiger charge is -2.37. The summed E-state index contributed by atoms with van der Waals surface area (Å²) in [7, 11) is 0. The van der Waals surface area contributed by atoms with Gasteiger partial charge in [0.25, 0.3) is 5.91 Å². The molecule has 5 heteroatoms. The van der Waals surface area contributed by atoms with Crippen molar-refractivity contribution in [3.05, 3.63) is 63.9 Å². The average molecular weight is 347 g/mol. The molecule has 0 atom stereocenters. The van der Waals surface area contributed by atoms with Gasteiger partial charge in [-0.25, -0.2) is 4.39 Å². The summed E-state index contributed by atoms with van der Waals surface area (Å²) in [5.74, 6) is -0.721. The maximum atomic E-state index is 13.8. The van der Waals surface area contributed by atoms with Crippen LogP contribution in [0, 0.1) is 19.7 Å². The summed E-state index contributed by atoms with van der Waals surface area (Å²) in [6.45, 7) is 6.54. The molecule has 1 aliphatic heterocycles. The molecule has 0 radical (unpaired) electrons. The largest absolute Gasteiger partial charge is 0.367 e. The van der Waals surface area contributed by atoms with Crippen LogP contribution in [0.15, 0.2) is 36.4 Å². The molecule has 0 unspecified atom stereocenters. The van der Waals surface area contributed by atoms with Gasteiger partial charge < -0.3 is 9.80 Å². The Labute approximate surface area is 146 Å². The molecular formula is C19H20ClFN2O. The molecule has 0 N–H and O–H groups in total. The third-order valence-corrected chi connectivity index (χ3v) is 4.67. The fourth-order valence-electron chi connectivity index (χ4n) is 3.25. The van der Waals surface area contributed by atoms with Crippen molar-refractivity contribution in [2.45, 2.75) is 13.8 Å². The quantitative estimate of drug-likeness (QED) is 0.818. The van der Waals surface area contributed by atoms with Crippen LogP contribution in [0.2, 0.25) is 5.02 Å². The minimum absolute atomic E-state index is 0.135. The topological polar surface area (TPSA) is 23.6 Å². The van der Waals surface area contributed by atoms with Crippen LogP contribution in [-0.2, 0) is 0 Å². The first-order valence-electron chi connectivity index (χ1n) is 8.03. The van der Waals surface area contributed by atoms with Crippen LogP contribution in [0.25, 0.3) is 0 Å². The van der Waals surface area contributed by atoms with Gasteiger partial charge in [0, 0.05) is 26.2 Å². The van der Waals surface area contributed by atoms with Crippen molar-refractivity contribution in [1.29, 1.82) is 0 Å². The molecule has 126 valence electrons. The lowest BCUT2D eigenvalue weighted by Crippen LogP contribution is -2.49. The van der Waals surface area contributed by atoms with Gasteiger partial charge in [0.05, 0.1) is 16.3 Å². The average Bonchev–Trinajstić information content (AvgIpc) is 2.54. The number of nitrogens with zero attached hydrogens (tertiary/aromatic N) is 2. The summed E-state index contributed by atoms with van der Waals surface area (Å²) in [5, 5.41) is 0.737. The lowest BCUT2D eigenvalue weighted by molar-refractivity contribution is 0.0742. The highest BCUT2D eigenvalue weighted by molar-refractivity contribution is 6.33. The van der Waals surface area contributed by atoms with Crippen molar-refractivity contribution in [2.24, 2.45) is 0 Å². The van der Waals surface area contributed by atoms with Crippen LogP contribution in [0.4, 0.5) is 10.1 Å². The highest BCUT2D eigenvalue weighted by Crippen LogP contribution is 2.31. The van der Waals surface area contributed by atoms with E-state index in [2.05, 4.69) is 11.0 Å². The summed E-state index contributed by atoms with van der Waals surface area (Å²) in [4.78, 5) is 16.4. The number of piperazine rings is 1. The van der Waals surface area contributed by atoms with E-state index in [1.165, 1.54) is 12.1 Å². The third kappa shape index (κ3) is 3.24. The number of benzene rings is 2. The lowest BCUT2D eigenvalue weighted by atomic mass is 10.1. The Morgan fingerprint density at radius 2 is 1.75 bits per heavy atom. The van der Waals surface area contributed by atoms with Gasteiger partial charge in [-0.15, -0.1) is 0 Å². The first-order valence-corrected chi connectivity index (χ1v) is 8.40. The van der Waals surface area contributed by atoms with Crippen molar-refractivity contribution in [3.63, 3.8) is 0 Å². The molecule has 1 saturated heterocycles. The minimum atomic E-state index is -0.470. The zero-order chi connectivity index (χ0) is 17.3. The molecule has 1 amide bonds. The van der Waals surface area contributed by atoms with Gasteiger partial charge in [0.15, 0.2) is 0 Å². The second-order valence-corrected chi connectivity index (χ2v) is 6.58. The Morgan fingerprint density at radius 3 is 2.38 bits per heavy atom. The van der Waals surface area contributed by atoms with Crippen molar-refractivity contribution < 1.29 is 9.18 Å². The van der Waals surface area contributed by atoms with Gasteiger partial charge in [-0.05, 0) is 43.2 Å². The van der Waals surface area contributed by atoms with E-state index in [1.54, 1.807) is 17.0 Å². The molecule has 2 aromatic rings. The van der Waals surface area contributed by atoms with Crippen molar-refractivity contribution in [3.8, 4) is 0 Å². The van der Waals surface area contributed by atoms with E-state index in [1.807, 2.05) is 19.9 Å². The van der Waals surface area contributed by atoms with Gasteiger partial charge in [-0.2, -0.15) is 0 Å². The zero-order valence-electron chi connectivity index (χ0n) is 13.9. The van der Waals surface area contributed by atoms with Crippen molar-refractivity contribution >= 4 is 23.2 Å². The summed E-state index contributed by atoms with van der Waals surface area (Å²) < 4.78 is 13.8. The second-order valence-electron chi connectivity index (χ2n) is 6.17. The maximum absolute atomic E-state index is 13.8. The fraction of sp³-hybridized carbons (Fsp3) is 0.316. The normalized spacial score (nSPS) is 14.8. The maximum Gasteiger partial charge on any atom is 0.256 e. The Morgan fingerprint density at radius 1 is 1.08 bits per heavy atom. The Kier molecular flexibility index (Phi) is 4.76. The van der Waals surface area contributed by atoms with Gasteiger partial charge >= 0.3 is 0 Å². The molecular weight excluding hydrogens is 327 g/mol. The molecule has 1 fully saturated rings. The van der Waals surface area contributed by atoms with Crippen molar-refractivity contribution in [2.75, 3.05) is 31.1 Å². The van der Waals surface area contributed by atoms with Gasteiger partial charge in [0.2, 0.25) is 0 Å². The van der Waals surface area contributed by atoms with Gasteiger partial charge in [0.1, 0.15) is 5.82 Å². The van der Waals surface area contributed by atoms with E-state index >= 15 is 0 Å². The first kappa shape index (κ1) is 16.8. The summed E-state index contributed by atoms with van der Waals surface area (Å²) >= 11 is 6.41. The van der Waals surface area contributed by atoms with Crippen LogP contribution in [0.3, 0.4) is 0 Å². The van der Waals surface area contributed by atoms with Crippen LogP contribution in [0.5, 0.6) is 0 Å². The molecule has 0 aliphatic carbocycles. The number of carbonyl (C=O) groups excluding carboxylic acids is 1. The predicted octanol–water partition coefficient (Wildman–Crippen LogP) is 4.06. The van der Waals surface area contributed by atoms with E-state index in [0.29, 0.717) is 26.2 Å². The van der Waals surface area contributed by atoms with E-state index in [9.17, 15) is 9.18 Å². The van der Waals surface area contributed by atoms with Crippen molar-refractivity contribution in [1.82, 2.24) is 4.90 Å². The molecule has 1 heterocycles. The van der Waals surface area contributed by atoms with E-state index in [4.69, 9.17) is 11.6 Å². The predicted molar refractivity (Wildman–Crippen MR) is 95.4 cm³/mol. The number of hydrogen-bond donors (Lipinski definition) is 0. The molecule has 24 heavy (non-hydrogen) atoms. The van der Waals surface area contributed by atoms with Crippen LogP contribution < -0.4 is 4.90 Å². The number of aryl methyl sites for hydroxylation is 2. The molecule has 0 spiro atoms. The highest BCUT2D eigenvalue weighted by Gasteiger charge is 2.25. The van der Waals surface area contributed by atoms with Crippen LogP contribution >= 0.6 is 11.6 Å². The van der Waals surface area contributed by atoms with Crippen LogP contribution in [0.1, 0.15) is 21.5 Å². The standard InChI is InChI=1S/C19H20ClFN2O/c1-13-11-14(2)18(16(20)12-13)22-7-9-23(10-8-22)19(24)15-5-3-4-6-17(15)21/h3-6,11-12H,7-10H2,1-2H3. The van der Waals surface area contributed by atoms with Crippen LogP contribution in [-0.4, -0.2) is 37.0 Å². The number of rotatable bonds is 2. The Balaban J connectivity index is 1.73. The molecule has 3 nitrogen and oxygen atoms in total. The Hall–Kier alpha value is -2.07. The highest BCUT2D eigenvalue weighted by atomic mass is 35.5. The number of carbonyl (C=O) groups is 1. The number of amides is 1. The van der Waals surface area contributed by atoms with E-state index < -0.39 is 5.82 Å². The molecule has 3 rings (SSSR count). The fourth-order valence-corrected chi connectivity index (χ4v) is 3.69. The molecule has 0 bridgehead atoms. The number of anilines is 1. The number of hydrogen-bond acceptors (Lipinski definition) is 2. The van der Waals surface area contributed by atoms with E-state index in [0.717, 1.165) is 21.8 Å². The summed E-state index contributed by atoms with van der Waals surface area (Å²) in [6.07, 6.45) is 0. The monoisotopic (exact) mass is 346 g/mol. The molecule has 0 aromatic heterocycles. The molecule has 1 aliphatic rings. The first-order chi connectivity index (χ1) is 11.5. The minimum Gasteiger partial charge on any atom is -0.367 e. The zero-order valence-corrected chi connectivity index (χ0v) is 14.6. The smallest absolute Gasteiger partial charge is 0.256 e. The summed E-state index contributed by atoms with van der Waals surface area (Å²) in [5.41, 5.74) is 3.43. The molecule has 2 aromatic carbocycles.